The van der Waals surface area contributed by atoms with E-state index in [1.54, 1.807) is 13.3 Å². The molecule has 0 bridgehead atoms. The number of ether oxygens (including phenoxy) is 1. The average Bonchev–Trinajstić information content (AvgIpc) is 2.38. The number of benzene rings is 2. The highest BCUT2D eigenvalue weighted by Crippen LogP contribution is 2.22. The minimum atomic E-state index is 0.821. The molecule has 0 unspecified atom stereocenters. The molecule has 0 radical (unpaired) electrons. The van der Waals surface area contributed by atoms with E-state index < -0.39 is 0 Å². The van der Waals surface area contributed by atoms with E-state index in [1.807, 2.05) is 55.5 Å². The Bertz CT molecular complexity index is 532. The summed E-state index contributed by atoms with van der Waals surface area (Å²) in [5.74, 6) is 1.67. The number of hydrazone groups is 1. The van der Waals surface area contributed by atoms with E-state index >= 15 is 0 Å². The van der Waals surface area contributed by atoms with Crippen LogP contribution in [0.4, 0.5) is 0 Å². The highest BCUT2D eigenvalue weighted by molar-refractivity contribution is 5.79. The van der Waals surface area contributed by atoms with Gasteiger partial charge in [-0.2, -0.15) is 5.10 Å². The number of nitrogens with zero attached hydrogens (tertiary/aromatic N) is 1. The molecule has 0 saturated heterocycles. The van der Waals surface area contributed by atoms with Gasteiger partial charge in [-0.05, 0) is 54.4 Å². The van der Waals surface area contributed by atoms with Crippen LogP contribution < -0.4 is 10.2 Å². The van der Waals surface area contributed by atoms with E-state index in [-0.39, 0.29) is 0 Å². The van der Waals surface area contributed by atoms with Crippen molar-refractivity contribution in [1.82, 2.24) is 5.43 Å². The van der Waals surface area contributed by atoms with Crippen molar-refractivity contribution in [3.8, 4) is 11.5 Å². The lowest BCUT2D eigenvalue weighted by Crippen LogP contribution is -1.94. The highest BCUT2D eigenvalue weighted by atomic mass is 16.5. The van der Waals surface area contributed by atoms with Gasteiger partial charge in [-0.3, -0.25) is 0 Å². The van der Waals surface area contributed by atoms with Crippen molar-refractivity contribution in [3.05, 3.63) is 59.7 Å². The second kappa shape index (κ2) is 5.87. The van der Waals surface area contributed by atoms with Crippen LogP contribution >= 0.6 is 0 Å². The molecule has 2 aromatic carbocycles. The Kier molecular flexibility index (Phi) is 3.97. The lowest BCUT2D eigenvalue weighted by Gasteiger charge is -2.06. The summed E-state index contributed by atoms with van der Waals surface area (Å²) in [7, 11) is 1.77. The summed E-state index contributed by atoms with van der Waals surface area (Å²) in [5.41, 5.74) is 4.93. The largest absolute Gasteiger partial charge is 0.457 e. The molecule has 0 aliphatic rings. The highest BCUT2D eigenvalue weighted by Gasteiger charge is 1.97. The normalized spacial score (nSPS) is 10.6. The first-order valence-electron chi connectivity index (χ1n) is 5.82. The maximum Gasteiger partial charge on any atom is 0.127 e. The fourth-order valence-corrected chi connectivity index (χ4v) is 1.58. The molecular formula is C15H16N2O. The second-order valence-corrected chi connectivity index (χ2v) is 3.97. The van der Waals surface area contributed by atoms with Gasteiger partial charge in [-0.1, -0.05) is 12.1 Å². The van der Waals surface area contributed by atoms with Crippen LogP contribution in [-0.2, 0) is 0 Å². The van der Waals surface area contributed by atoms with Gasteiger partial charge >= 0.3 is 0 Å². The van der Waals surface area contributed by atoms with E-state index in [4.69, 9.17) is 4.74 Å². The van der Waals surface area contributed by atoms with Crippen LogP contribution in [0.3, 0.4) is 0 Å². The number of nitrogens with one attached hydrogen (secondary N) is 1. The molecule has 0 aliphatic carbocycles. The van der Waals surface area contributed by atoms with Crippen molar-refractivity contribution in [2.75, 3.05) is 7.05 Å². The van der Waals surface area contributed by atoms with Crippen LogP contribution in [0.1, 0.15) is 11.1 Å². The molecule has 92 valence electrons. The number of hydrogen-bond acceptors (Lipinski definition) is 3. The van der Waals surface area contributed by atoms with Gasteiger partial charge in [0, 0.05) is 7.05 Å². The van der Waals surface area contributed by atoms with E-state index in [0.29, 0.717) is 0 Å². The summed E-state index contributed by atoms with van der Waals surface area (Å²) >= 11 is 0. The molecule has 1 N–H and O–H groups in total. The Hall–Kier alpha value is -2.29. The van der Waals surface area contributed by atoms with Crippen LogP contribution in [0.5, 0.6) is 11.5 Å². The summed E-state index contributed by atoms with van der Waals surface area (Å²) in [6.45, 7) is 2.05. The summed E-state index contributed by atoms with van der Waals surface area (Å²) in [6.07, 6.45) is 1.76. The minimum Gasteiger partial charge on any atom is -0.457 e. The molecule has 0 amide bonds. The zero-order valence-electron chi connectivity index (χ0n) is 10.6. The molecule has 0 aromatic heterocycles. The maximum absolute atomic E-state index is 5.76. The Morgan fingerprint density at radius 3 is 2.50 bits per heavy atom. The zero-order valence-corrected chi connectivity index (χ0v) is 10.6. The molecule has 2 aromatic rings. The van der Waals surface area contributed by atoms with Crippen molar-refractivity contribution in [2.45, 2.75) is 6.92 Å². The molecule has 0 aliphatic heterocycles. The first-order chi connectivity index (χ1) is 8.78. The number of rotatable bonds is 4. The molecule has 0 saturated carbocycles. The predicted octanol–water partition coefficient (Wildman–Crippen LogP) is 3.34. The summed E-state index contributed by atoms with van der Waals surface area (Å²) in [5, 5.41) is 3.95. The summed E-state index contributed by atoms with van der Waals surface area (Å²) in [6, 6.07) is 15.8. The van der Waals surface area contributed by atoms with Gasteiger partial charge in [-0.15, -0.1) is 0 Å². The molecule has 3 heteroatoms. The quantitative estimate of drug-likeness (QED) is 0.657. The molecule has 3 nitrogen and oxygen atoms in total. The summed E-state index contributed by atoms with van der Waals surface area (Å²) < 4.78 is 5.76. The van der Waals surface area contributed by atoms with Gasteiger partial charge in [0.05, 0.1) is 6.21 Å². The van der Waals surface area contributed by atoms with Gasteiger partial charge in [-0.25, -0.2) is 0 Å². The van der Waals surface area contributed by atoms with Crippen LogP contribution in [0.25, 0.3) is 0 Å². The third kappa shape index (κ3) is 3.35. The first-order valence-corrected chi connectivity index (χ1v) is 5.82. The zero-order chi connectivity index (χ0) is 12.8. The van der Waals surface area contributed by atoms with Crippen LogP contribution in [0.2, 0.25) is 0 Å². The molecule has 0 heterocycles. The van der Waals surface area contributed by atoms with E-state index in [9.17, 15) is 0 Å². The van der Waals surface area contributed by atoms with Gasteiger partial charge in [0.1, 0.15) is 11.5 Å². The van der Waals surface area contributed by atoms with Crippen molar-refractivity contribution >= 4 is 6.21 Å². The third-order valence-electron chi connectivity index (χ3n) is 2.45. The lowest BCUT2D eigenvalue weighted by atomic mass is 10.2. The Balaban J connectivity index is 2.08. The van der Waals surface area contributed by atoms with Crippen molar-refractivity contribution in [2.24, 2.45) is 5.10 Å². The molecular weight excluding hydrogens is 224 g/mol. The van der Waals surface area contributed by atoms with Crippen molar-refractivity contribution in [1.29, 1.82) is 0 Å². The smallest absolute Gasteiger partial charge is 0.127 e. The molecule has 0 fully saturated rings. The van der Waals surface area contributed by atoms with Crippen LogP contribution in [0.15, 0.2) is 53.6 Å². The van der Waals surface area contributed by atoms with Gasteiger partial charge < -0.3 is 10.2 Å². The van der Waals surface area contributed by atoms with Crippen LogP contribution in [-0.4, -0.2) is 13.3 Å². The molecule has 18 heavy (non-hydrogen) atoms. The SMILES string of the molecule is CNN=Cc1ccc(Oc2cccc(C)c2)cc1. The molecule has 0 spiro atoms. The predicted molar refractivity (Wildman–Crippen MR) is 74.3 cm³/mol. The van der Waals surface area contributed by atoms with Gasteiger partial charge in [0.2, 0.25) is 0 Å². The monoisotopic (exact) mass is 240 g/mol. The topological polar surface area (TPSA) is 33.6 Å². The molecule has 2 rings (SSSR count). The lowest BCUT2D eigenvalue weighted by molar-refractivity contribution is 0.482. The van der Waals surface area contributed by atoms with Crippen LogP contribution in [0, 0.1) is 6.92 Å². The second-order valence-electron chi connectivity index (χ2n) is 3.97. The van der Waals surface area contributed by atoms with E-state index in [0.717, 1.165) is 17.1 Å². The summed E-state index contributed by atoms with van der Waals surface area (Å²) in [4.78, 5) is 0. The molecule has 0 atom stereocenters. The van der Waals surface area contributed by atoms with Gasteiger partial charge in [0.25, 0.3) is 0 Å². The van der Waals surface area contributed by atoms with Gasteiger partial charge in [0.15, 0.2) is 0 Å². The van der Waals surface area contributed by atoms with Crippen molar-refractivity contribution in [3.63, 3.8) is 0 Å². The fourth-order valence-electron chi connectivity index (χ4n) is 1.58. The standard InChI is InChI=1S/C15H16N2O/c1-12-4-3-5-15(10-12)18-14-8-6-13(7-9-14)11-17-16-2/h3-11,16H,1-2H3. The number of hydrogen-bond donors (Lipinski definition) is 1. The third-order valence-corrected chi connectivity index (χ3v) is 2.45. The minimum absolute atomic E-state index is 0.821. The Morgan fingerprint density at radius 2 is 1.83 bits per heavy atom. The first kappa shape index (κ1) is 12.2. The Morgan fingerprint density at radius 1 is 1.06 bits per heavy atom. The average molecular weight is 240 g/mol. The fraction of sp³-hybridized carbons (Fsp3) is 0.133. The Labute approximate surface area is 107 Å². The maximum atomic E-state index is 5.76. The van der Waals surface area contributed by atoms with E-state index in [2.05, 4.69) is 10.5 Å². The van der Waals surface area contributed by atoms with E-state index in [1.165, 1.54) is 5.56 Å². The number of aryl methyl sites for hydroxylation is 1. The van der Waals surface area contributed by atoms with Crippen molar-refractivity contribution < 1.29 is 4.74 Å².